The molecule has 144 valence electrons. The Morgan fingerprint density at radius 1 is 1.33 bits per heavy atom. The van der Waals surface area contributed by atoms with Crippen molar-refractivity contribution in [1.82, 2.24) is 5.32 Å². The molecule has 0 aliphatic carbocycles. The Hall–Kier alpha value is -1.65. The Bertz CT molecular complexity index is 890. The highest BCUT2D eigenvalue weighted by Gasteiger charge is 2.24. The molecule has 1 aromatic heterocycles. The lowest BCUT2D eigenvalue weighted by molar-refractivity contribution is -0.139. The summed E-state index contributed by atoms with van der Waals surface area (Å²) in [7, 11) is 0. The number of carboxylic acids is 1. The van der Waals surface area contributed by atoms with Gasteiger partial charge in [0.1, 0.15) is 17.6 Å². The van der Waals surface area contributed by atoms with E-state index in [1.807, 2.05) is 0 Å². The number of rotatable bonds is 5. The first-order chi connectivity index (χ1) is 12.8. The van der Waals surface area contributed by atoms with Crippen molar-refractivity contribution in [2.75, 3.05) is 11.9 Å². The maximum atomic E-state index is 13.8. The van der Waals surface area contributed by atoms with Gasteiger partial charge in [-0.05, 0) is 68.0 Å². The summed E-state index contributed by atoms with van der Waals surface area (Å²) in [5.74, 6) is -1.23. The van der Waals surface area contributed by atoms with E-state index >= 15 is 0 Å². The minimum absolute atomic E-state index is 0.100. The molecule has 1 aromatic carbocycles. The summed E-state index contributed by atoms with van der Waals surface area (Å²) in [6, 6.07) is 2.44. The molecule has 0 bridgehead atoms. The summed E-state index contributed by atoms with van der Waals surface area (Å²) in [5.41, 5.74) is 1.62. The highest BCUT2D eigenvalue weighted by atomic mass is 79.9. The van der Waals surface area contributed by atoms with Gasteiger partial charge in [-0.25, -0.2) is 14.0 Å². The van der Waals surface area contributed by atoms with Crippen molar-refractivity contribution in [3.05, 3.63) is 42.7 Å². The number of nitrogens with one attached hydrogen (secondary N) is 2. The van der Waals surface area contributed by atoms with Gasteiger partial charge in [-0.2, -0.15) is 0 Å². The molecule has 10 heteroatoms. The van der Waals surface area contributed by atoms with E-state index in [0.717, 1.165) is 25.6 Å². The molecule has 2 aromatic rings. The standard InChI is InChI=1S/C17H15Br2FN2O4S/c18-13-6-9(15(19)27-13)5-12(16(23)24)22-17(25)21-11-7-10(20)4-8-2-1-3-26-14(8)11/h4,6-7,12H,1-3,5H2,(H,23,24)(H2,21,22,25). The molecule has 0 radical (unpaired) electrons. The molecule has 6 nitrogen and oxygen atoms in total. The lowest BCUT2D eigenvalue weighted by atomic mass is 10.0. The number of aryl methyl sites for hydroxylation is 1. The molecule has 27 heavy (non-hydrogen) atoms. The lowest BCUT2D eigenvalue weighted by Crippen LogP contribution is -2.44. The number of hydrogen-bond donors (Lipinski definition) is 3. The highest BCUT2D eigenvalue weighted by molar-refractivity contribution is 9.12. The van der Waals surface area contributed by atoms with Crippen LogP contribution in [-0.2, 0) is 17.6 Å². The van der Waals surface area contributed by atoms with Crippen LogP contribution in [0.15, 0.2) is 25.8 Å². The predicted octanol–water partition coefficient (Wildman–Crippen LogP) is 4.55. The molecule has 1 atom stereocenters. The molecular weight excluding hydrogens is 507 g/mol. The van der Waals surface area contributed by atoms with Crippen molar-refractivity contribution in [3.8, 4) is 5.75 Å². The Morgan fingerprint density at radius 2 is 2.11 bits per heavy atom. The predicted molar refractivity (Wildman–Crippen MR) is 107 cm³/mol. The van der Waals surface area contributed by atoms with E-state index < -0.39 is 23.9 Å². The number of carbonyl (C=O) groups excluding carboxylic acids is 1. The lowest BCUT2D eigenvalue weighted by Gasteiger charge is -2.21. The van der Waals surface area contributed by atoms with Gasteiger partial charge in [0.15, 0.2) is 0 Å². The summed E-state index contributed by atoms with van der Waals surface area (Å²) in [4.78, 5) is 23.9. The number of hydrogen-bond acceptors (Lipinski definition) is 4. The van der Waals surface area contributed by atoms with Crippen LogP contribution >= 0.6 is 43.2 Å². The summed E-state index contributed by atoms with van der Waals surface area (Å²) in [6.07, 6.45) is 1.53. The molecule has 0 saturated carbocycles. The zero-order valence-corrected chi connectivity index (χ0v) is 17.8. The van der Waals surface area contributed by atoms with E-state index in [1.165, 1.54) is 17.4 Å². The molecule has 3 rings (SSSR count). The number of benzene rings is 1. The van der Waals surface area contributed by atoms with Crippen LogP contribution in [0.25, 0.3) is 0 Å². The number of aliphatic carboxylic acids is 1. The van der Waals surface area contributed by atoms with E-state index in [1.54, 1.807) is 6.07 Å². The molecule has 2 heterocycles. The Balaban J connectivity index is 1.73. The fourth-order valence-electron chi connectivity index (χ4n) is 2.79. The Morgan fingerprint density at radius 3 is 2.78 bits per heavy atom. The first kappa shape index (κ1) is 20.1. The summed E-state index contributed by atoms with van der Waals surface area (Å²) in [6.45, 7) is 0.480. The van der Waals surface area contributed by atoms with E-state index in [-0.39, 0.29) is 12.1 Å². The average Bonchev–Trinajstić information content (AvgIpc) is 2.91. The first-order valence-electron chi connectivity index (χ1n) is 8.02. The smallest absolute Gasteiger partial charge is 0.326 e. The number of carbonyl (C=O) groups is 2. The minimum atomic E-state index is -1.17. The van der Waals surface area contributed by atoms with Gasteiger partial charge < -0.3 is 20.5 Å². The number of halogens is 3. The third kappa shape index (κ3) is 4.99. The number of fused-ring (bicyclic) bond motifs is 1. The second-order valence-corrected chi connectivity index (χ2v) is 9.69. The molecule has 1 aliphatic heterocycles. The van der Waals surface area contributed by atoms with Crippen LogP contribution in [0.3, 0.4) is 0 Å². The van der Waals surface area contributed by atoms with E-state index in [2.05, 4.69) is 42.5 Å². The number of ether oxygens (including phenoxy) is 1. The number of anilines is 1. The molecule has 3 N–H and O–H groups in total. The van der Waals surface area contributed by atoms with E-state index in [9.17, 15) is 19.1 Å². The van der Waals surface area contributed by atoms with Crippen molar-refractivity contribution in [1.29, 1.82) is 0 Å². The summed E-state index contributed by atoms with van der Waals surface area (Å²) >= 11 is 8.13. The molecule has 0 saturated heterocycles. The zero-order chi connectivity index (χ0) is 19.6. The van der Waals surface area contributed by atoms with Crippen molar-refractivity contribution < 1.29 is 23.8 Å². The van der Waals surface area contributed by atoms with Gasteiger partial charge in [0, 0.05) is 12.5 Å². The van der Waals surface area contributed by atoms with Crippen LogP contribution in [-0.4, -0.2) is 29.8 Å². The van der Waals surface area contributed by atoms with Crippen LogP contribution < -0.4 is 15.4 Å². The van der Waals surface area contributed by atoms with E-state index in [4.69, 9.17) is 4.74 Å². The second-order valence-electron chi connectivity index (χ2n) is 5.94. The Kier molecular flexibility index (Phi) is 6.38. The Labute approximate surface area is 175 Å². The number of urea groups is 1. The van der Waals surface area contributed by atoms with Gasteiger partial charge in [0.2, 0.25) is 0 Å². The maximum Gasteiger partial charge on any atom is 0.326 e. The zero-order valence-electron chi connectivity index (χ0n) is 13.9. The molecule has 1 unspecified atom stereocenters. The highest BCUT2D eigenvalue weighted by Crippen LogP contribution is 2.34. The second kappa shape index (κ2) is 8.57. The van der Waals surface area contributed by atoms with Crippen LogP contribution in [0.1, 0.15) is 17.5 Å². The largest absolute Gasteiger partial charge is 0.491 e. The van der Waals surface area contributed by atoms with E-state index in [0.29, 0.717) is 24.3 Å². The topological polar surface area (TPSA) is 87.7 Å². The van der Waals surface area contributed by atoms with Crippen molar-refractivity contribution >= 4 is 60.9 Å². The van der Waals surface area contributed by atoms with Crippen LogP contribution in [0.2, 0.25) is 0 Å². The molecular formula is C17H15Br2FN2O4S. The average molecular weight is 522 g/mol. The summed E-state index contributed by atoms with van der Waals surface area (Å²) in [5, 5.41) is 14.4. The normalized spacial score (nSPS) is 14.0. The SMILES string of the molecule is O=C(Nc1cc(F)cc2c1OCCC2)NC(Cc1cc(Br)sc1Br)C(=O)O. The third-order valence-electron chi connectivity index (χ3n) is 3.97. The van der Waals surface area contributed by atoms with Gasteiger partial charge in [-0.15, -0.1) is 11.3 Å². The van der Waals surface area contributed by atoms with Gasteiger partial charge >= 0.3 is 12.0 Å². The fraction of sp³-hybridized carbons (Fsp3) is 0.294. The van der Waals surface area contributed by atoms with Gasteiger partial charge in [0.05, 0.1) is 19.9 Å². The van der Waals surface area contributed by atoms with Gasteiger partial charge in [-0.3, -0.25) is 0 Å². The van der Waals surface area contributed by atoms with Crippen LogP contribution in [0.5, 0.6) is 5.75 Å². The third-order valence-corrected chi connectivity index (χ3v) is 6.43. The summed E-state index contributed by atoms with van der Waals surface area (Å²) < 4.78 is 21.0. The fourth-order valence-corrected chi connectivity index (χ4v) is 5.64. The monoisotopic (exact) mass is 520 g/mol. The minimum Gasteiger partial charge on any atom is -0.491 e. The van der Waals surface area contributed by atoms with Gasteiger partial charge in [0.25, 0.3) is 0 Å². The van der Waals surface area contributed by atoms with Crippen molar-refractivity contribution in [2.24, 2.45) is 0 Å². The molecule has 0 fully saturated rings. The van der Waals surface area contributed by atoms with Crippen molar-refractivity contribution in [3.63, 3.8) is 0 Å². The number of thiophene rings is 1. The molecule has 1 aliphatic rings. The number of carboxylic acid groups (broad SMARTS) is 1. The first-order valence-corrected chi connectivity index (χ1v) is 10.4. The van der Waals surface area contributed by atoms with Gasteiger partial charge in [-0.1, -0.05) is 0 Å². The van der Waals surface area contributed by atoms with Crippen LogP contribution in [0.4, 0.5) is 14.9 Å². The number of amides is 2. The van der Waals surface area contributed by atoms with Crippen LogP contribution in [0, 0.1) is 5.82 Å². The molecule has 0 spiro atoms. The quantitative estimate of drug-likeness (QED) is 0.538. The van der Waals surface area contributed by atoms with Crippen molar-refractivity contribution in [2.45, 2.75) is 25.3 Å². The molecule has 2 amide bonds. The maximum absolute atomic E-state index is 13.8.